The van der Waals surface area contributed by atoms with E-state index < -0.39 is 12.0 Å². The minimum atomic E-state index is -0.737. The zero-order chi connectivity index (χ0) is 9.84. The molecule has 0 aromatic rings. The molecule has 0 saturated heterocycles. The first kappa shape index (κ1) is 9.57. The molecule has 0 saturated carbocycles. The quantitative estimate of drug-likeness (QED) is 0.608. The van der Waals surface area contributed by atoms with E-state index in [-0.39, 0.29) is 11.5 Å². The second kappa shape index (κ2) is 3.93. The number of azo groups is 1. The Bertz CT molecular complexity index is 294. The van der Waals surface area contributed by atoms with Gasteiger partial charge in [-0.3, -0.25) is 4.79 Å². The first-order valence-electron chi connectivity index (χ1n) is 3.95. The number of Topliss-reactive ketones (excluding diaryl/α,β-unsaturated/α-hetero) is 1. The molecule has 0 aliphatic carbocycles. The first-order chi connectivity index (χ1) is 6.15. The lowest BCUT2D eigenvalue weighted by molar-refractivity contribution is -0.143. The molecule has 1 atom stereocenters. The largest absolute Gasteiger partial charge is 0.464 e. The monoisotopic (exact) mass is 182 g/mol. The minimum absolute atomic E-state index is 0.199. The Labute approximate surface area is 75.5 Å². The lowest BCUT2D eigenvalue weighted by atomic mass is 10.2. The zero-order valence-electron chi connectivity index (χ0n) is 7.48. The summed E-state index contributed by atoms with van der Waals surface area (Å²) in [4.78, 5) is 21.9. The molecule has 0 unspecified atom stereocenters. The molecular weight excluding hydrogens is 172 g/mol. The van der Waals surface area contributed by atoms with Crippen molar-refractivity contribution >= 4 is 11.8 Å². The van der Waals surface area contributed by atoms with E-state index in [9.17, 15) is 9.59 Å². The van der Waals surface area contributed by atoms with Crippen molar-refractivity contribution in [1.29, 1.82) is 0 Å². The Kier molecular flexibility index (Phi) is 2.89. The number of hydrogen-bond acceptors (Lipinski definition) is 5. The lowest BCUT2D eigenvalue weighted by Gasteiger charge is -2.01. The van der Waals surface area contributed by atoms with Crippen LogP contribution in [-0.2, 0) is 14.3 Å². The van der Waals surface area contributed by atoms with Gasteiger partial charge in [0.05, 0.1) is 6.61 Å². The third-order valence-corrected chi connectivity index (χ3v) is 1.49. The average molecular weight is 182 g/mol. The maximum Gasteiger partial charge on any atom is 0.336 e. The second-order valence-electron chi connectivity index (χ2n) is 2.52. The molecule has 0 spiro atoms. The van der Waals surface area contributed by atoms with Crippen LogP contribution in [0.5, 0.6) is 0 Å². The van der Waals surface area contributed by atoms with Gasteiger partial charge < -0.3 is 4.74 Å². The SMILES string of the molecule is CCOC(=O)[C@@H]1C=C(C(C)=O)N=N1. The van der Waals surface area contributed by atoms with E-state index >= 15 is 0 Å². The van der Waals surface area contributed by atoms with E-state index in [2.05, 4.69) is 10.2 Å². The van der Waals surface area contributed by atoms with Gasteiger partial charge in [-0.05, 0) is 13.0 Å². The molecule has 13 heavy (non-hydrogen) atoms. The molecule has 5 heteroatoms. The summed E-state index contributed by atoms with van der Waals surface area (Å²) in [5.41, 5.74) is 0.220. The predicted molar refractivity (Wildman–Crippen MR) is 44.0 cm³/mol. The lowest BCUT2D eigenvalue weighted by Crippen LogP contribution is -2.17. The molecule has 0 amide bonds. The summed E-state index contributed by atoms with van der Waals surface area (Å²) in [6.07, 6.45) is 1.40. The maximum absolute atomic E-state index is 11.1. The fraction of sp³-hybridized carbons (Fsp3) is 0.500. The zero-order valence-corrected chi connectivity index (χ0v) is 7.48. The van der Waals surface area contributed by atoms with Crippen LogP contribution in [0, 0.1) is 0 Å². The van der Waals surface area contributed by atoms with Crippen LogP contribution in [0.15, 0.2) is 22.0 Å². The smallest absolute Gasteiger partial charge is 0.336 e. The number of ketones is 1. The van der Waals surface area contributed by atoms with Crippen molar-refractivity contribution in [3.8, 4) is 0 Å². The van der Waals surface area contributed by atoms with Gasteiger partial charge in [-0.25, -0.2) is 4.79 Å². The molecule has 0 bridgehead atoms. The highest BCUT2D eigenvalue weighted by atomic mass is 16.5. The van der Waals surface area contributed by atoms with E-state index in [1.165, 1.54) is 13.0 Å². The fourth-order valence-electron chi connectivity index (χ4n) is 0.871. The molecule has 1 aliphatic heterocycles. The summed E-state index contributed by atoms with van der Waals surface area (Å²) in [6.45, 7) is 3.38. The average Bonchev–Trinajstić information content (AvgIpc) is 2.52. The molecule has 70 valence electrons. The molecule has 0 fully saturated rings. The number of carbonyl (C=O) groups is 2. The highest BCUT2D eigenvalue weighted by Gasteiger charge is 2.23. The summed E-state index contributed by atoms with van der Waals surface area (Å²) < 4.78 is 4.71. The standard InChI is InChI=1S/C8H10N2O3/c1-3-13-8(12)7-4-6(5(2)11)9-10-7/h4,7H,3H2,1-2H3/t7-/m0/s1. The Hall–Kier alpha value is -1.52. The maximum atomic E-state index is 11.1. The number of carbonyl (C=O) groups excluding carboxylic acids is 2. The summed E-state index contributed by atoms with van der Waals surface area (Å²) in [6, 6.07) is -0.737. The molecule has 1 heterocycles. The van der Waals surface area contributed by atoms with Gasteiger partial charge in [-0.15, -0.1) is 0 Å². The van der Waals surface area contributed by atoms with Gasteiger partial charge in [0, 0.05) is 6.92 Å². The van der Waals surface area contributed by atoms with Crippen molar-refractivity contribution < 1.29 is 14.3 Å². The van der Waals surface area contributed by atoms with Crippen LogP contribution < -0.4 is 0 Å². The van der Waals surface area contributed by atoms with Crippen LogP contribution in [0.1, 0.15) is 13.8 Å². The Morgan fingerprint density at radius 2 is 2.31 bits per heavy atom. The van der Waals surface area contributed by atoms with Gasteiger partial charge in [0.15, 0.2) is 11.8 Å². The van der Waals surface area contributed by atoms with Crippen LogP contribution in [0.3, 0.4) is 0 Å². The fourth-order valence-corrected chi connectivity index (χ4v) is 0.871. The van der Waals surface area contributed by atoms with Gasteiger partial charge in [0.25, 0.3) is 0 Å². The highest BCUT2D eigenvalue weighted by molar-refractivity contribution is 5.94. The number of ether oxygens (including phenoxy) is 1. The van der Waals surface area contributed by atoms with Crippen molar-refractivity contribution in [3.05, 3.63) is 11.8 Å². The topological polar surface area (TPSA) is 68.1 Å². The Morgan fingerprint density at radius 3 is 2.77 bits per heavy atom. The van der Waals surface area contributed by atoms with Gasteiger partial charge in [-0.1, -0.05) is 0 Å². The van der Waals surface area contributed by atoms with E-state index in [4.69, 9.17) is 4.74 Å². The Balaban J connectivity index is 2.64. The number of allylic oxidation sites excluding steroid dienone is 1. The van der Waals surface area contributed by atoms with Crippen LogP contribution in [0.25, 0.3) is 0 Å². The third kappa shape index (κ3) is 2.21. The minimum Gasteiger partial charge on any atom is -0.464 e. The summed E-state index contributed by atoms with van der Waals surface area (Å²) in [5.74, 6) is -0.668. The van der Waals surface area contributed by atoms with E-state index in [1.807, 2.05) is 0 Å². The normalized spacial score (nSPS) is 19.8. The summed E-state index contributed by atoms with van der Waals surface area (Å²) in [5, 5.41) is 7.15. The number of rotatable bonds is 3. The van der Waals surface area contributed by atoms with Crippen molar-refractivity contribution in [2.24, 2.45) is 10.2 Å². The van der Waals surface area contributed by atoms with E-state index in [0.29, 0.717) is 6.61 Å². The van der Waals surface area contributed by atoms with Gasteiger partial charge in [0.1, 0.15) is 5.70 Å². The van der Waals surface area contributed by atoms with E-state index in [1.54, 1.807) is 6.92 Å². The van der Waals surface area contributed by atoms with E-state index in [0.717, 1.165) is 0 Å². The molecule has 5 nitrogen and oxygen atoms in total. The number of hydrogen-bond donors (Lipinski definition) is 0. The third-order valence-electron chi connectivity index (χ3n) is 1.49. The molecule has 0 N–H and O–H groups in total. The molecule has 0 radical (unpaired) electrons. The second-order valence-corrected chi connectivity index (χ2v) is 2.52. The van der Waals surface area contributed by atoms with Gasteiger partial charge >= 0.3 is 5.97 Å². The molecule has 1 aliphatic rings. The van der Waals surface area contributed by atoms with Crippen LogP contribution in [0.2, 0.25) is 0 Å². The molecule has 0 aromatic carbocycles. The number of nitrogens with zero attached hydrogens (tertiary/aromatic N) is 2. The van der Waals surface area contributed by atoms with Crippen molar-refractivity contribution in [2.75, 3.05) is 6.61 Å². The molecule has 1 rings (SSSR count). The van der Waals surface area contributed by atoms with Crippen molar-refractivity contribution in [3.63, 3.8) is 0 Å². The van der Waals surface area contributed by atoms with Crippen molar-refractivity contribution in [1.82, 2.24) is 0 Å². The molecular formula is C8H10N2O3. The van der Waals surface area contributed by atoms with Crippen molar-refractivity contribution in [2.45, 2.75) is 19.9 Å². The van der Waals surface area contributed by atoms with Crippen LogP contribution in [-0.4, -0.2) is 24.4 Å². The Morgan fingerprint density at radius 1 is 1.62 bits per heavy atom. The van der Waals surface area contributed by atoms with Crippen LogP contribution in [0.4, 0.5) is 0 Å². The summed E-state index contributed by atoms with van der Waals surface area (Å²) >= 11 is 0. The van der Waals surface area contributed by atoms with Crippen LogP contribution >= 0.6 is 0 Å². The first-order valence-corrected chi connectivity index (χ1v) is 3.95. The van der Waals surface area contributed by atoms with Gasteiger partial charge in [-0.2, -0.15) is 10.2 Å². The number of esters is 1. The predicted octanol–water partition coefficient (Wildman–Crippen LogP) is 0.857. The molecule has 0 aromatic heterocycles. The summed E-state index contributed by atoms with van der Waals surface area (Å²) in [7, 11) is 0. The highest BCUT2D eigenvalue weighted by Crippen LogP contribution is 2.14. The van der Waals surface area contributed by atoms with Gasteiger partial charge in [0.2, 0.25) is 0 Å².